The Labute approximate surface area is 163 Å². The van der Waals surface area contributed by atoms with Crippen LogP contribution in [0, 0.1) is 19.0 Å². The fourth-order valence-corrected chi connectivity index (χ4v) is 3.41. The van der Waals surface area contributed by atoms with Gasteiger partial charge >= 0.3 is 0 Å². The molecule has 5 heteroatoms. The molecular formula is C21H12IrN3O-. The van der Waals surface area contributed by atoms with E-state index in [9.17, 15) is 0 Å². The Morgan fingerprint density at radius 1 is 1.12 bits per heavy atom. The van der Waals surface area contributed by atoms with Gasteiger partial charge in [0.25, 0.3) is 0 Å². The van der Waals surface area contributed by atoms with Crippen molar-refractivity contribution in [3.63, 3.8) is 0 Å². The van der Waals surface area contributed by atoms with E-state index in [2.05, 4.69) is 17.2 Å². The zero-order valence-corrected chi connectivity index (χ0v) is 16.2. The number of benzene rings is 3. The van der Waals surface area contributed by atoms with Gasteiger partial charge in [0.15, 0.2) is 5.69 Å². The third-order valence-corrected chi connectivity index (χ3v) is 4.47. The first-order valence-corrected chi connectivity index (χ1v) is 7.90. The van der Waals surface area contributed by atoms with Gasteiger partial charge in [-0.3, -0.25) is 0 Å². The number of hydrogen-bond acceptors (Lipinski definition) is 1. The summed E-state index contributed by atoms with van der Waals surface area (Å²) < 4.78 is 9.79. The van der Waals surface area contributed by atoms with Crippen molar-refractivity contribution in [2.45, 2.75) is 0 Å². The molecule has 0 fully saturated rings. The number of para-hydroxylation sites is 2. The van der Waals surface area contributed by atoms with Gasteiger partial charge in [0, 0.05) is 36.4 Å². The average molecular weight is 515 g/mol. The van der Waals surface area contributed by atoms with E-state index in [1.165, 1.54) is 0 Å². The van der Waals surface area contributed by atoms with Gasteiger partial charge < -0.3 is 13.6 Å². The van der Waals surface area contributed by atoms with Crippen LogP contribution < -0.4 is 4.57 Å². The summed E-state index contributed by atoms with van der Waals surface area (Å²) in [5, 5.41) is 1.82. The van der Waals surface area contributed by atoms with Gasteiger partial charge in [-0.05, 0) is 12.1 Å². The Morgan fingerprint density at radius 2 is 1.92 bits per heavy atom. The predicted molar refractivity (Wildman–Crippen MR) is 95.7 cm³/mol. The van der Waals surface area contributed by atoms with Crippen LogP contribution in [-0.4, -0.2) is 4.57 Å². The molecule has 0 atom stereocenters. The minimum Gasteiger partial charge on any atom is -0.458 e. The first-order valence-electron chi connectivity index (χ1n) is 7.90. The second-order valence-electron chi connectivity index (χ2n) is 5.92. The van der Waals surface area contributed by atoms with Crippen LogP contribution in [0.15, 0.2) is 59.0 Å². The van der Waals surface area contributed by atoms with E-state index in [1.807, 2.05) is 70.8 Å². The van der Waals surface area contributed by atoms with Gasteiger partial charge in [-0.25, -0.2) is 4.85 Å². The molecule has 0 saturated carbocycles. The quantitative estimate of drug-likeness (QED) is 0.239. The maximum Gasteiger partial charge on any atom is 0.241 e. The number of nitrogens with zero attached hydrogens (tertiary/aromatic N) is 3. The first-order chi connectivity index (χ1) is 12.3. The van der Waals surface area contributed by atoms with Gasteiger partial charge in [0.1, 0.15) is 11.2 Å². The van der Waals surface area contributed by atoms with Gasteiger partial charge in [0.05, 0.1) is 19.1 Å². The summed E-state index contributed by atoms with van der Waals surface area (Å²) in [5.74, 6) is 0. The van der Waals surface area contributed by atoms with Gasteiger partial charge in [-0.1, -0.05) is 23.9 Å². The summed E-state index contributed by atoms with van der Waals surface area (Å²) in [7, 11) is 1.91. The van der Waals surface area contributed by atoms with E-state index >= 15 is 0 Å². The van der Waals surface area contributed by atoms with E-state index in [-0.39, 0.29) is 20.1 Å². The molecule has 127 valence electrons. The monoisotopic (exact) mass is 515 g/mol. The minimum atomic E-state index is 0. The average Bonchev–Trinajstić information content (AvgIpc) is 3.19. The van der Waals surface area contributed by atoms with Crippen LogP contribution in [-0.2, 0) is 27.2 Å². The SMILES string of the molecule is [C-]#[N+]c1c2c(cc3c1[n+](C)[c-]n3-c1[c-]cccc1)oc1ccccc12.[Ir]. The Bertz CT molecular complexity index is 1310. The molecule has 0 saturated heterocycles. The predicted octanol–water partition coefficient (Wildman–Crippen LogP) is 4.50. The van der Waals surface area contributed by atoms with Gasteiger partial charge in [0.2, 0.25) is 6.33 Å². The number of imidazole rings is 1. The molecule has 2 aromatic heterocycles. The van der Waals surface area contributed by atoms with Crippen molar-refractivity contribution in [3.8, 4) is 5.69 Å². The Kier molecular flexibility index (Phi) is 3.88. The van der Waals surface area contributed by atoms with E-state index in [0.717, 1.165) is 33.1 Å². The first kappa shape index (κ1) is 16.5. The Morgan fingerprint density at radius 3 is 2.69 bits per heavy atom. The van der Waals surface area contributed by atoms with Crippen LogP contribution in [0.2, 0.25) is 0 Å². The molecule has 5 aromatic rings. The fraction of sp³-hybridized carbons (Fsp3) is 0.0476. The molecular weight excluding hydrogens is 502 g/mol. The molecule has 2 heterocycles. The molecule has 0 spiro atoms. The van der Waals surface area contributed by atoms with E-state index in [1.54, 1.807) is 0 Å². The number of hydrogen-bond donors (Lipinski definition) is 0. The van der Waals surface area contributed by atoms with Crippen LogP contribution in [0.4, 0.5) is 5.69 Å². The molecule has 26 heavy (non-hydrogen) atoms. The van der Waals surface area contributed by atoms with Crippen molar-refractivity contribution in [1.82, 2.24) is 4.57 Å². The number of furan rings is 1. The maximum atomic E-state index is 7.77. The molecule has 0 amide bonds. The van der Waals surface area contributed by atoms with Crippen molar-refractivity contribution in [2.75, 3.05) is 0 Å². The van der Waals surface area contributed by atoms with Crippen molar-refractivity contribution < 1.29 is 29.1 Å². The zero-order chi connectivity index (χ0) is 17.0. The van der Waals surface area contributed by atoms with E-state index in [4.69, 9.17) is 11.0 Å². The second-order valence-corrected chi connectivity index (χ2v) is 5.92. The molecule has 0 aliphatic carbocycles. The van der Waals surface area contributed by atoms with E-state index in [0.29, 0.717) is 11.3 Å². The molecule has 3 aromatic carbocycles. The van der Waals surface area contributed by atoms with Gasteiger partial charge in [-0.2, -0.15) is 30.3 Å². The second kappa shape index (κ2) is 6.10. The van der Waals surface area contributed by atoms with Gasteiger partial charge in [-0.15, -0.1) is 0 Å². The molecule has 0 bridgehead atoms. The van der Waals surface area contributed by atoms with Crippen LogP contribution >= 0.6 is 0 Å². The molecule has 4 nitrogen and oxygen atoms in total. The van der Waals surface area contributed by atoms with Crippen molar-refractivity contribution >= 4 is 38.7 Å². The summed E-state index contributed by atoms with van der Waals surface area (Å²) in [4.78, 5) is 3.84. The largest absolute Gasteiger partial charge is 0.458 e. The normalized spacial score (nSPS) is 10.9. The summed E-state index contributed by atoms with van der Waals surface area (Å²) in [5.41, 5.74) is 4.68. The van der Waals surface area contributed by atoms with Crippen LogP contribution in [0.25, 0.3) is 43.5 Å². The van der Waals surface area contributed by atoms with Crippen LogP contribution in [0.5, 0.6) is 0 Å². The number of rotatable bonds is 1. The molecule has 1 radical (unpaired) electrons. The summed E-state index contributed by atoms with van der Waals surface area (Å²) in [6, 6.07) is 20.7. The standard InChI is InChI=1S/C21H12N3O.Ir/c1-22-20-19-15-10-6-7-11-17(15)25-18(19)12-16-21(20)23(2)13-24(16)14-8-4-3-5-9-14;/h3-8,10-12H,2H3;/q-1;. The molecule has 5 rings (SSSR count). The Hall–Kier alpha value is -2.93. The summed E-state index contributed by atoms with van der Waals surface area (Å²) in [6.45, 7) is 7.77. The number of fused-ring (bicyclic) bond motifs is 4. The summed E-state index contributed by atoms with van der Waals surface area (Å²) >= 11 is 0. The fourth-order valence-electron chi connectivity index (χ4n) is 3.41. The molecule has 0 unspecified atom stereocenters. The van der Waals surface area contributed by atoms with Crippen LogP contribution in [0.1, 0.15) is 0 Å². The number of aromatic nitrogens is 2. The van der Waals surface area contributed by atoms with Crippen molar-refractivity contribution in [1.29, 1.82) is 0 Å². The van der Waals surface area contributed by atoms with Crippen molar-refractivity contribution in [2.24, 2.45) is 7.05 Å². The Balaban J connectivity index is 0.00000168. The maximum absolute atomic E-state index is 7.77. The third-order valence-electron chi connectivity index (χ3n) is 4.47. The minimum absolute atomic E-state index is 0. The smallest absolute Gasteiger partial charge is 0.241 e. The van der Waals surface area contributed by atoms with Crippen LogP contribution in [0.3, 0.4) is 0 Å². The van der Waals surface area contributed by atoms with Crippen molar-refractivity contribution in [3.05, 3.63) is 78.4 Å². The summed E-state index contributed by atoms with van der Waals surface area (Å²) in [6.07, 6.45) is 3.27. The number of aryl methyl sites for hydroxylation is 1. The molecule has 0 aliphatic heterocycles. The molecule has 0 aliphatic rings. The zero-order valence-electron chi connectivity index (χ0n) is 13.8. The molecule has 0 N–H and O–H groups in total. The topological polar surface area (TPSA) is 26.3 Å². The third kappa shape index (κ3) is 2.20. The van der Waals surface area contributed by atoms with E-state index < -0.39 is 0 Å².